The lowest BCUT2D eigenvalue weighted by Gasteiger charge is -2.38. The van der Waals surface area contributed by atoms with Crippen LogP contribution in [0.15, 0.2) is 0 Å². The molecule has 13 heavy (non-hydrogen) atoms. The third-order valence-corrected chi connectivity index (χ3v) is 3.13. The molecule has 0 saturated carbocycles. The van der Waals surface area contributed by atoms with E-state index in [1.807, 2.05) is 0 Å². The zero-order valence-electron chi connectivity index (χ0n) is 8.55. The zero-order valence-corrected chi connectivity index (χ0v) is 8.55. The van der Waals surface area contributed by atoms with Crippen molar-refractivity contribution in [1.82, 2.24) is 15.2 Å². The molecule has 4 heteroatoms. The van der Waals surface area contributed by atoms with E-state index in [9.17, 15) is 0 Å². The number of piperazine rings is 2. The number of nitrogens with zero attached hydrogens (tertiary/aromatic N) is 2. The Hall–Kier alpha value is -0.160. The lowest BCUT2D eigenvalue weighted by atomic mass is 10.3. The van der Waals surface area contributed by atoms with Crippen molar-refractivity contribution in [2.24, 2.45) is 0 Å². The normalized spacial score (nSPS) is 29.3. The molecule has 0 bridgehead atoms. The molecule has 0 aliphatic carbocycles. The molecule has 2 aliphatic heterocycles. The van der Waals surface area contributed by atoms with E-state index in [-0.39, 0.29) is 0 Å². The van der Waals surface area contributed by atoms with Crippen molar-refractivity contribution in [3.8, 4) is 0 Å². The third kappa shape index (κ3) is 2.40. The SMILES string of the molecule is CN1CC[NH+](N2CCNCC2)CC1. The minimum Gasteiger partial charge on any atom is -0.314 e. The summed E-state index contributed by atoms with van der Waals surface area (Å²) in [6.07, 6.45) is 0. The molecule has 2 saturated heterocycles. The molecule has 0 aromatic heterocycles. The Balaban J connectivity index is 1.79. The number of nitrogens with one attached hydrogen (secondary N) is 2. The zero-order chi connectivity index (χ0) is 9.10. The van der Waals surface area contributed by atoms with E-state index in [4.69, 9.17) is 0 Å². The van der Waals surface area contributed by atoms with Crippen LogP contribution in [0.1, 0.15) is 0 Å². The molecule has 2 rings (SSSR count). The summed E-state index contributed by atoms with van der Waals surface area (Å²) in [5.74, 6) is 0. The predicted molar refractivity (Wildman–Crippen MR) is 52.6 cm³/mol. The second kappa shape index (κ2) is 4.37. The number of hydrogen-bond donors (Lipinski definition) is 2. The van der Waals surface area contributed by atoms with Crippen molar-refractivity contribution in [2.45, 2.75) is 0 Å². The quantitative estimate of drug-likeness (QED) is 0.477. The van der Waals surface area contributed by atoms with Gasteiger partial charge in [-0.05, 0) is 7.05 Å². The molecule has 0 unspecified atom stereocenters. The Labute approximate surface area is 80.4 Å². The van der Waals surface area contributed by atoms with Gasteiger partial charge in [-0.3, -0.25) is 9.91 Å². The maximum absolute atomic E-state index is 3.40. The maximum atomic E-state index is 3.40. The van der Waals surface area contributed by atoms with Crippen molar-refractivity contribution in [2.75, 3.05) is 59.4 Å². The highest BCUT2D eigenvalue weighted by Crippen LogP contribution is 1.87. The highest BCUT2D eigenvalue weighted by Gasteiger charge is 2.24. The van der Waals surface area contributed by atoms with E-state index in [0.717, 1.165) is 0 Å². The first-order valence-electron chi connectivity index (χ1n) is 5.35. The van der Waals surface area contributed by atoms with Crippen LogP contribution in [0.25, 0.3) is 0 Å². The lowest BCUT2D eigenvalue weighted by molar-refractivity contribution is -1.02. The minimum absolute atomic E-state index is 1.17. The van der Waals surface area contributed by atoms with Gasteiger partial charge >= 0.3 is 0 Å². The van der Waals surface area contributed by atoms with Crippen LogP contribution in [0.2, 0.25) is 0 Å². The average molecular weight is 185 g/mol. The van der Waals surface area contributed by atoms with Crippen molar-refractivity contribution in [3.05, 3.63) is 0 Å². The molecule has 2 N–H and O–H groups in total. The monoisotopic (exact) mass is 185 g/mol. The van der Waals surface area contributed by atoms with Crippen molar-refractivity contribution < 1.29 is 5.01 Å². The van der Waals surface area contributed by atoms with E-state index in [2.05, 4.69) is 22.3 Å². The highest BCUT2D eigenvalue weighted by molar-refractivity contribution is 4.61. The molecule has 0 aromatic carbocycles. The smallest absolute Gasteiger partial charge is 0.108 e. The standard InChI is InChI=1S/C9H20N4/c1-11-6-8-13(9-7-11)12-4-2-10-3-5-12/h10H,2-9H2,1H3/p+1. The number of hydrogen-bond acceptors (Lipinski definition) is 3. The molecule has 2 aliphatic rings. The van der Waals surface area contributed by atoms with Crippen LogP contribution < -0.4 is 10.3 Å². The van der Waals surface area contributed by atoms with E-state index < -0.39 is 0 Å². The van der Waals surface area contributed by atoms with E-state index in [1.54, 1.807) is 5.01 Å². The molecule has 0 atom stereocenters. The second-order valence-electron chi connectivity index (χ2n) is 4.11. The van der Waals surface area contributed by atoms with Gasteiger partial charge < -0.3 is 5.32 Å². The molecule has 0 aromatic rings. The molecule has 0 spiro atoms. The molecule has 76 valence electrons. The van der Waals surface area contributed by atoms with Crippen molar-refractivity contribution in [3.63, 3.8) is 0 Å². The van der Waals surface area contributed by atoms with Crippen LogP contribution in [0.4, 0.5) is 0 Å². The van der Waals surface area contributed by atoms with Gasteiger partial charge in [-0.25, -0.2) is 0 Å². The van der Waals surface area contributed by atoms with Crippen LogP contribution in [-0.4, -0.2) is 69.3 Å². The summed E-state index contributed by atoms with van der Waals surface area (Å²) >= 11 is 0. The fraction of sp³-hybridized carbons (Fsp3) is 1.00. The van der Waals surface area contributed by atoms with Crippen LogP contribution in [0.5, 0.6) is 0 Å². The van der Waals surface area contributed by atoms with Gasteiger partial charge in [0.15, 0.2) is 0 Å². The van der Waals surface area contributed by atoms with Crippen molar-refractivity contribution >= 4 is 0 Å². The van der Waals surface area contributed by atoms with E-state index in [1.165, 1.54) is 52.4 Å². The van der Waals surface area contributed by atoms with Crippen LogP contribution in [0, 0.1) is 0 Å². The van der Waals surface area contributed by atoms with Gasteiger partial charge in [0.2, 0.25) is 0 Å². The summed E-state index contributed by atoms with van der Waals surface area (Å²) in [6, 6.07) is 0. The second-order valence-corrected chi connectivity index (χ2v) is 4.11. The van der Waals surface area contributed by atoms with Crippen LogP contribution >= 0.6 is 0 Å². The Morgan fingerprint density at radius 3 is 2.23 bits per heavy atom. The Morgan fingerprint density at radius 2 is 1.62 bits per heavy atom. The number of likely N-dealkylation sites (N-methyl/N-ethyl adjacent to an activating group) is 1. The summed E-state index contributed by atoms with van der Waals surface area (Å²) < 4.78 is 0. The number of quaternary nitrogens is 1. The summed E-state index contributed by atoms with van der Waals surface area (Å²) in [7, 11) is 2.22. The average Bonchev–Trinajstić information content (AvgIpc) is 2.20. The van der Waals surface area contributed by atoms with E-state index >= 15 is 0 Å². The van der Waals surface area contributed by atoms with Gasteiger partial charge in [0, 0.05) is 26.2 Å². The summed E-state index contributed by atoms with van der Waals surface area (Å²) in [6.45, 7) is 9.85. The topological polar surface area (TPSA) is 23.0 Å². The molecule has 2 heterocycles. The fourth-order valence-corrected chi connectivity index (χ4v) is 2.17. The molecular weight excluding hydrogens is 164 g/mol. The largest absolute Gasteiger partial charge is 0.314 e. The van der Waals surface area contributed by atoms with Crippen molar-refractivity contribution in [1.29, 1.82) is 0 Å². The van der Waals surface area contributed by atoms with Crippen LogP contribution in [0.3, 0.4) is 0 Å². The lowest BCUT2D eigenvalue weighted by Crippen LogP contribution is -3.21. The fourth-order valence-electron chi connectivity index (χ4n) is 2.17. The third-order valence-electron chi connectivity index (χ3n) is 3.13. The molecule has 0 radical (unpaired) electrons. The van der Waals surface area contributed by atoms with Gasteiger partial charge in [-0.1, -0.05) is 0 Å². The van der Waals surface area contributed by atoms with Gasteiger partial charge in [0.1, 0.15) is 13.1 Å². The predicted octanol–water partition coefficient (Wildman–Crippen LogP) is -2.36. The Morgan fingerprint density at radius 1 is 1.00 bits per heavy atom. The first kappa shape index (κ1) is 9.40. The number of rotatable bonds is 1. The minimum atomic E-state index is 1.17. The maximum Gasteiger partial charge on any atom is 0.108 e. The first-order chi connectivity index (χ1) is 6.36. The Bertz CT molecular complexity index is 148. The molecule has 2 fully saturated rings. The first-order valence-corrected chi connectivity index (χ1v) is 5.35. The van der Waals surface area contributed by atoms with Crippen LogP contribution in [-0.2, 0) is 0 Å². The van der Waals surface area contributed by atoms with Gasteiger partial charge in [-0.15, -0.1) is 0 Å². The highest BCUT2D eigenvalue weighted by atomic mass is 15.6. The summed E-state index contributed by atoms with van der Waals surface area (Å²) in [5.41, 5.74) is 0. The van der Waals surface area contributed by atoms with Gasteiger partial charge in [0.25, 0.3) is 0 Å². The molecule has 0 amide bonds. The molecular formula is C9H21N4+. The summed E-state index contributed by atoms with van der Waals surface area (Å²) in [5, 5.41) is 7.68. The summed E-state index contributed by atoms with van der Waals surface area (Å²) in [4.78, 5) is 2.42. The van der Waals surface area contributed by atoms with E-state index in [0.29, 0.717) is 0 Å². The molecule has 4 nitrogen and oxygen atoms in total. The Kier molecular flexibility index (Phi) is 3.16. The van der Waals surface area contributed by atoms with Gasteiger partial charge in [0.05, 0.1) is 13.1 Å². The van der Waals surface area contributed by atoms with Gasteiger partial charge in [-0.2, -0.15) is 5.01 Å².